The first-order valence-electron chi connectivity index (χ1n) is 6.43. The highest BCUT2D eigenvalue weighted by Gasteiger charge is 2.16. The molecule has 0 aromatic heterocycles. The standard InChI is InChI=1S/C15H11IN2O5/c16-11-7-5-10(6-8-11)15(20)23-9-14(19)17-12-3-1-2-4-13(12)18(21)22/h1-8H,9H2,(H,17,19). The Morgan fingerprint density at radius 2 is 1.78 bits per heavy atom. The number of nitrogens with zero attached hydrogens (tertiary/aromatic N) is 1. The van der Waals surface area contributed by atoms with E-state index in [-0.39, 0.29) is 11.4 Å². The van der Waals surface area contributed by atoms with Crippen molar-refractivity contribution in [2.24, 2.45) is 0 Å². The van der Waals surface area contributed by atoms with Crippen LogP contribution in [0.25, 0.3) is 0 Å². The zero-order valence-corrected chi connectivity index (χ0v) is 13.8. The number of carbonyl (C=O) groups excluding carboxylic acids is 2. The zero-order valence-electron chi connectivity index (χ0n) is 11.7. The van der Waals surface area contributed by atoms with Crippen molar-refractivity contribution in [1.29, 1.82) is 0 Å². The third kappa shape index (κ3) is 4.74. The quantitative estimate of drug-likeness (QED) is 0.343. The summed E-state index contributed by atoms with van der Waals surface area (Å²) in [6, 6.07) is 12.4. The summed E-state index contributed by atoms with van der Waals surface area (Å²) in [5.74, 6) is -1.29. The van der Waals surface area contributed by atoms with Crippen molar-refractivity contribution in [1.82, 2.24) is 0 Å². The number of nitrogens with one attached hydrogen (secondary N) is 1. The maximum atomic E-state index is 11.8. The summed E-state index contributed by atoms with van der Waals surface area (Å²) in [7, 11) is 0. The van der Waals surface area contributed by atoms with Crippen molar-refractivity contribution in [3.8, 4) is 0 Å². The molecule has 2 aromatic carbocycles. The number of halogens is 1. The van der Waals surface area contributed by atoms with Gasteiger partial charge in [-0.2, -0.15) is 0 Å². The van der Waals surface area contributed by atoms with Gasteiger partial charge in [-0.05, 0) is 52.9 Å². The third-order valence-corrected chi connectivity index (χ3v) is 3.51. The first-order chi connectivity index (χ1) is 11.0. The molecule has 0 aliphatic heterocycles. The molecule has 0 heterocycles. The van der Waals surface area contributed by atoms with Gasteiger partial charge in [-0.1, -0.05) is 12.1 Å². The predicted molar refractivity (Wildman–Crippen MR) is 91.2 cm³/mol. The van der Waals surface area contributed by atoms with Gasteiger partial charge < -0.3 is 10.1 Å². The summed E-state index contributed by atoms with van der Waals surface area (Å²) < 4.78 is 5.85. The second-order valence-electron chi connectivity index (χ2n) is 4.41. The summed E-state index contributed by atoms with van der Waals surface area (Å²) >= 11 is 2.10. The monoisotopic (exact) mass is 426 g/mol. The maximum Gasteiger partial charge on any atom is 0.338 e. The van der Waals surface area contributed by atoms with Crippen molar-refractivity contribution < 1.29 is 19.2 Å². The average molecular weight is 426 g/mol. The van der Waals surface area contributed by atoms with Crippen LogP contribution in [0.15, 0.2) is 48.5 Å². The number of rotatable bonds is 5. The Hall–Kier alpha value is -2.49. The third-order valence-electron chi connectivity index (χ3n) is 2.79. The van der Waals surface area contributed by atoms with Crippen LogP contribution < -0.4 is 5.32 Å². The van der Waals surface area contributed by atoms with E-state index in [1.807, 2.05) is 0 Å². The minimum Gasteiger partial charge on any atom is -0.452 e. The molecule has 0 aliphatic rings. The van der Waals surface area contributed by atoms with Gasteiger partial charge >= 0.3 is 5.97 Å². The van der Waals surface area contributed by atoms with E-state index in [9.17, 15) is 19.7 Å². The molecule has 0 unspecified atom stereocenters. The van der Waals surface area contributed by atoms with E-state index in [4.69, 9.17) is 4.74 Å². The number of para-hydroxylation sites is 2. The molecular weight excluding hydrogens is 415 g/mol. The molecule has 0 spiro atoms. The Balaban J connectivity index is 1.94. The molecule has 8 heteroatoms. The maximum absolute atomic E-state index is 11.8. The topological polar surface area (TPSA) is 98.5 Å². The van der Waals surface area contributed by atoms with Crippen molar-refractivity contribution in [3.63, 3.8) is 0 Å². The first kappa shape index (κ1) is 16.9. The molecule has 0 atom stereocenters. The molecule has 0 saturated carbocycles. The van der Waals surface area contributed by atoms with E-state index in [2.05, 4.69) is 27.9 Å². The lowest BCUT2D eigenvalue weighted by molar-refractivity contribution is -0.383. The number of amides is 1. The smallest absolute Gasteiger partial charge is 0.338 e. The van der Waals surface area contributed by atoms with Crippen LogP contribution in [0, 0.1) is 13.7 Å². The van der Waals surface area contributed by atoms with Crippen molar-refractivity contribution in [2.75, 3.05) is 11.9 Å². The first-order valence-corrected chi connectivity index (χ1v) is 7.51. The van der Waals surface area contributed by atoms with Gasteiger partial charge in [0.1, 0.15) is 5.69 Å². The van der Waals surface area contributed by atoms with Crippen LogP contribution in [0.2, 0.25) is 0 Å². The molecular formula is C15H11IN2O5. The largest absolute Gasteiger partial charge is 0.452 e. The normalized spacial score (nSPS) is 9.96. The van der Waals surface area contributed by atoms with Crippen LogP contribution in [0.3, 0.4) is 0 Å². The van der Waals surface area contributed by atoms with Crippen LogP contribution >= 0.6 is 22.6 Å². The highest BCUT2D eigenvalue weighted by atomic mass is 127. The number of ether oxygens (including phenoxy) is 1. The van der Waals surface area contributed by atoms with E-state index in [1.54, 1.807) is 30.3 Å². The number of esters is 1. The molecule has 2 rings (SSSR count). The van der Waals surface area contributed by atoms with E-state index in [0.717, 1.165) is 3.57 Å². The Kier molecular flexibility index (Phi) is 5.63. The molecule has 0 bridgehead atoms. The van der Waals surface area contributed by atoms with Gasteiger partial charge in [-0.25, -0.2) is 4.79 Å². The van der Waals surface area contributed by atoms with Crippen molar-refractivity contribution >= 4 is 45.8 Å². The lowest BCUT2D eigenvalue weighted by Crippen LogP contribution is -2.21. The molecule has 0 radical (unpaired) electrons. The Bertz CT molecular complexity index is 746. The van der Waals surface area contributed by atoms with Gasteiger partial charge in [0.2, 0.25) is 0 Å². The van der Waals surface area contributed by atoms with Crippen LogP contribution in [0.4, 0.5) is 11.4 Å². The minimum absolute atomic E-state index is 0.0489. The molecule has 23 heavy (non-hydrogen) atoms. The summed E-state index contributed by atoms with van der Waals surface area (Å²) in [6.45, 7) is -0.531. The number of hydrogen-bond acceptors (Lipinski definition) is 5. The fourth-order valence-electron chi connectivity index (χ4n) is 1.73. The number of anilines is 1. The molecule has 0 saturated heterocycles. The lowest BCUT2D eigenvalue weighted by atomic mass is 10.2. The highest BCUT2D eigenvalue weighted by Crippen LogP contribution is 2.22. The van der Waals surface area contributed by atoms with E-state index >= 15 is 0 Å². The minimum atomic E-state index is -0.654. The molecule has 1 N–H and O–H groups in total. The summed E-state index contributed by atoms with van der Waals surface area (Å²) in [4.78, 5) is 33.8. The van der Waals surface area contributed by atoms with Crippen LogP contribution in [-0.4, -0.2) is 23.4 Å². The van der Waals surface area contributed by atoms with E-state index < -0.39 is 23.4 Å². The van der Waals surface area contributed by atoms with Crippen molar-refractivity contribution in [2.45, 2.75) is 0 Å². The second-order valence-corrected chi connectivity index (χ2v) is 5.65. The van der Waals surface area contributed by atoms with Gasteiger partial charge in [0.05, 0.1) is 10.5 Å². The Morgan fingerprint density at radius 1 is 1.13 bits per heavy atom. The van der Waals surface area contributed by atoms with Gasteiger partial charge in [0.15, 0.2) is 6.61 Å². The van der Waals surface area contributed by atoms with Gasteiger partial charge in [0.25, 0.3) is 11.6 Å². The SMILES string of the molecule is O=C(COC(=O)c1ccc(I)cc1)Nc1ccccc1[N+](=O)[O-]. The number of nitro benzene ring substituents is 1. The fraction of sp³-hybridized carbons (Fsp3) is 0.0667. The molecule has 1 amide bonds. The van der Waals surface area contributed by atoms with Crippen LogP contribution in [0.5, 0.6) is 0 Å². The van der Waals surface area contributed by atoms with Crippen LogP contribution in [0.1, 0.15) is 10.4 Å². The molecule has 7 nitrogen and oxygen atoms in total. The molecule has 0 fully saturated rings. The molecule has 0 aliphatic carbocycles. The highest BCUT2D eigenvalue weighted by molar-refractivity contribution is 14.1. The summed E-state index contributed by atoms with van der Waals surface area (Å²) in [5.41, 5.74) is 0.140. The zero-order chi connectivity index (χ0) is 16.8. The second kappa shape index (κ2) is 7.68. The Labute approximate surface area is 144 Å². The average Bonchev–Trinajstić information content (AvgIpc) is 2.53. The number of benzene rings is 2. The van der Waals surface area contributed by atoms with Gasteiger partial charge in [-0.3, -0.25) is 14.9 Å². The predicted octanol–water partition coefficient (Wildman–Crippen LogP) is 2.99. The fourth-order valence-corrected chi connectivity index (χ4v) is 2.08. The van der Waals surface area contributed by atoms with E-state index in [0.29, 0.717) is 5.56 Å². The van der Waals surface area contributed by atoms with Crippen LogP contribution in [-0.2, 0) is 9.53 Å². The number of nitro groups is 1. The van der Waals surface area contributed by atoms with Crippen molar-refractivity contribution in [3.05, 3.63) is 67.8 Å². The Morgan fingerprint density at radius 3 is 2.43 bits per heavy atom. The summed E-state index contributed by atoms with van der Waals surface area (Å²) in [5, 5.41) is 13.2. The molecule has 118 valence electrons. The lowest BCUT2D eigenvalue weighted by Gasteiger charge is -2.07. The van der Waals surface area contributed by atoms with E-state index in [1.165, 1.54) is 18.2 Å². The molecule has 2 aromatic rings. The number of hydrogen-bond donors (Lipinski definition) is 1. The van der Waals surface area contributed by atoms with Gasteiger partial charge in [-0.15, -0.1) is 0 Å². The number of carbonyl (C=O) groups is 2. The summed E-state index contributed by atoms with van der Waals surface area (Å²) in [6.07, 6.45) is 0. The van der Waals surface area contributed by atoms with Gasteiger partial charge in [0, 0.05) is 9.64 Å².